The first-order chi connectivity index (χ1) is 14.7. The lowest BCUT2D eigenvalue weighted by atomic mass is 10.1. The molecule has 1 unspecified atom stereocenters. The van der Waals surface area contributed by atoms with Crippen LogP contribution in [0.25, 0.3) is 11.0 Å². The van der Waals surface area contributed by atoms with Gasteiger partial charge < -0.3 is 23.9 Å². The quantitative estimate of drug-likeness (QED) is 0.664. The Hall–Kier alpha value is -2.35. The second-order valence-electron chi connectivity index (χ2n) is 7.82. The first-order valence-electron chi connectivity index (χ1n) is 10.7. The van der Waals surface area contributed by atoms with Crippen LogP contribution in [0.4, 0.5) is 5.88 Å². The Morgan fingerprint density at radius 1 is 1.27 bits per heavy atom. The molecule has 1 aromatic carbocycles. The van der Waals surface area contributed by atoms with Crippen molar-refractivity contribution in [1.82, 2.24) is 4.90 Å². The van der Waals surface area contributed by atoms with E-state index in [9.17, 15) is 9.90 Å². The fraction of sp³-hybridized carbons (Fsp3) is 0.522. The number of rotatable bonds is 8. The molecule has 1 N–H and O–H groups in total. The predicted octanol–water partition coefficient (Wildman–Crippen LogP) is 2.19. The standard InChI is InChI=1S/C23H30N2O5/c1-2-4-19-21(29-14-11-24-8-3-5-17(24)16-26)7-6-18-20(27)15-22(30-23(18)19)25-9-12-28-13-10-25/h2,6-7,15,17,26H,1,3-5,8-14,16H2. The van der Waals surface area contributed by atoms with Crippen LogP contribution in [-0.2, 0) is 11.2 Å². The molecule has 2 fully saturated rings. The van der Waals surface area contributed by atoms with Crippen LogP contribution in [0, 0.1) is 0 Å². The summed E-state index contributed by atoms with van der Waals surface area (Å²) < 4.78 is 17.7. The minimum absolute atomic E-state index is 0.0579. The van der Waals surface area contributed by atoms with Crippen molar-refractivity contribution in [1.29, 1.82) is 0 Å². The summed E-state index contributed by atoms with van der Waals surface area (Å²) in [6, 6.07) is 5.42. The number of aliphatic hydroxyl groups is 1. The Morgan fingerprint density at radius 2 is 2.10 bits per heavy atom. The second-order valence-corrected chi connectivity index (χ2v) is 7.82. The van der Waals surface area contributed by atoms with Gasteiger partial charge >= 0.3 is 0 Å². The summed E-state index contributed by atoms with van der Waals surface area (Å²) in [6.45, 7) is 8.95. The molecule has 0 saturated carbocycles. The van der Waals surface area contributed by atoms with Gasteiger partial charge in [0.15, 0.2) is 11.3 Å². The molecule has 7 heteroatoms. The van der Waals surface area contributed by atoms with Crippen molar-refractivity contribution < 1.29 is 19.0 Å². The van der Waals surface area contributed by atoms with E-state index in [0.29, 0.717) is 61.9 Å². The fourth-order valence-electron chi connectivity index (χ4n) is 4.33. The number of allylic oxidation sites excluding steroid dienone is 1. The number of hydrogen-bond donors (Lipinski definition) is 1. The van der Waals surface area contributed by atoms with Crippen molar-refractivity contribution >= 4 is 16.9 Å². The molecule has 1 aromatic heterocycles. The lowest BCUT2D eigenvalue weighted by molar-refractivity contribution is 0.121. The minimum atomic E-state index is -0.0579. The Balaban J connectivity index is 1.60. The van der Waals surface area contributed by atoms with Gasteiger partial charge in [0.2, 0.25) is 0 Å². The molecular formula is C23H30N2O5. The van der Waals surface area contributed by atoms with Crippen molar-refractivity contribution in [2.75, 3.05) is 57.5 Å². The molecule has 7 nitrogen and oxygen atoms in total. The smallest absolute Gasteiger partial charge is 0.200 e. The van der Waals surface area contributed by atoms with E-state index in [1.807, 2.05) is 11.0 Å². The van der Waals surface area contributed by atoms with Gasteiger partial charge in [-0.05, 0) is 37.9 Å². The molecule has 2 aliphatic heterocycles. The van der Waals surface area contributed by atoms with Crippen LogP contribution in [0.1, 0.15) is 18.4 Å². The molecular weight excluding hydrogens is 384 g/mol. The van der Waals surface area contributed by atoms with Crippen LogP contribution >= 0.6 is 0 Å². The van der Waals surface area contributed by atoms with E-state index < -0.39 is 0 Å². The third-order valence-electron chi connectivity index (χ3n) is 5.96. The Morgan fingerprint density at radius 3 is 2.87 bits per heavy atom. The maximum atomic E-state index is 12.8. The lowest BCUT2D eigenvalue weighted by Crippen LogP contribution is -2.36. The molecule has 1 atom stereocenters. The van der Waals surface area contributed by atoms with Gasteiger partial charge in [0, 0.05) is 37.3 Å². The average Bonchev–Trinajstić information content (AvgIpc) is 3.23. The summed E-state index contributed by atoms with van der Waals surface area (Å²) in [4.78, 5) is 17.1. The average molecular weight is 415 g/mol. The number of ether oxygens (including phenoxy) is 2. The normalized spacial score (nSPS) is 20.0. The zero-order valence-corrected chi connectivity index (χ0v) is 17.3. The third-order valence-corrected chi connectivity index (χ3v) is 5.96. The molecule has 2 aliphatic rings. The molecule has 0 aliphatic carbocycles. The molecule has 3 heterocycles. The van der Waals surface area contributed by atoms with E-state index in [4.69, 9.17) is 13.9 Å². The lowest BCUT2D eigenvalue weighted by Gasteiger charge is -2.27. The zero-order chi connectivity index (χ0) is 20.9. The topological polar surface area (TPSA) is 75.4 Å². The monoisotopic (exact) mass is 414 g/mol. The van der Waals surface area contributed by atoms with Crippen LogP contribution in [0.2, 0.25) is 0 Å². The van der Waals surface area contributed by atoms with Gasteiger partial charge in [0.25, 0.3) is 0 Å². The first-order valence-corrected chi connectivity index (χ1v) is 10.7. The van der Waals surface area contributed by atoms with Crippen LogP contribution in [0.5, 0.6) is 5.75 Å². The van der Waals surface area contributed by atoms with Gasteiger partial charge in [0.05, 0.1) is 25.2 Å². The number of aliphatic hydroxyl groups excluding tert-OH is 1. The summed E-state index contributed by atoms with van der Waals surface area (Å²) >= 11 is 0. The van der Waals surface area contributed by atoms with Crippen molar-refractivity contribution in [3.05, 3.63) is 46.6 Å². The van der Waals surface area contributed by atoms with E-state index in [0.717, 1.165) is 31.5 Å². The van der Waals surface area contributed by atoms with Crippen molar-refractivity contribution in [3.63, 3.8) is 0 Å². The van der Waals surface area contributed by atoms with Crippen molar-refractivity contribution in [2.24, 2.45) is 0 Å². The first kappa shape index (κ1) is 20.9. The molecule has 2 aromatic rings. The molecule has 0 radical (unpaired) electrons. The number of anilines is 1. The zero-order valence-electron chi connectivity index (χ0n) is 17.3. The highest BCUT2D eigenvalue weighted by Crippen LogP contribution is 2.30. The number of nitrogens with zero attached hydrogens (tertiary/aromatic N) is 2. The molecule has 0 amide bonds. The van der Waals surface area contributed by atoms with Gasteiger partial charge in [-0.25, -0.2) is 0 Å². The Labute approximate surface area is 176 Å². The van der Waals surface area contributed by atoms with E-state index in [2.05, 4.69) is 11.5 Å². The molecule has 30 heavy (non-hydrogen) atoms. The van der Waals surface area contributed by atoms with Crippen molar-refractivity contribution in [2.45, 2.75) is 25.3 Å². The molecule has 0 spiro atoms. The molecule has 0 bridgehead atoms. The molecule has 4 rings (SSSR count). The fourth-order valence-corrected chi connectivity index (χ4v) is 4.33. The third kappa shape index (κ3) is 4.38. The van der Waals surface area contributed by atoms with E-state index in [1.165, 1.54) is 0 Å². The maximum Gasteiger partial charge on any atom is 0.200 e. The van der Waals surface area contributed by atoms with E-state index >= 15 is 0 Å². The van der Waals surface area contributed by atoms with Gasteiger partial charge in [-0.1, -0.05) is 6.08 Å². The highest BCUT2D eigenvalue weighted by Gasteiger charge is 2.23. The maximum absolute atomic E-state index is 12.8. The Bertz CT molecular complexity index is 935. The van der Waals surface area contributed by atoms with Gasteiger partial charge in [-0.2, -0.15) is 0 Å². The van der Waals surface area contributed by atoms with Gasteiger partial charge in [0.1, 0.15) is 17.9 Å². The van der Waals surface area contributed by atoms with Gasteiger partial charge in [-0.15, -0.1) is 6.58 Å². The number of likely N-dealkylation sites (tertiary alicyclic amines) is 1. The highest BCUT2D eigenvalue weighted by molar-refractivity contribution is 5.83. The van der Waals surface area contributed by atoms with Gasteiger partial charge in [-0.3, -0.25) is 9.69 Å². The summed E-state index contributed by atoms with van der Waals surface area (Å²) in [5.41, 5.74) is 1.35. The minimum Gasteiger partial charge on any atom is -0.492 e. The van der Waals surface area contributed by atoms with E-state index in [1.54, 1.807) is 18.2 Å². The van der Waals surface area contributed by atoms with Crippen LogP contribution in [0.15, 0.2) is 40.1 Å². The molecule has 162 valence electrons. The van der Waals surface area contributed by atoms with Crippen molar-refractivity contribution in [3.8, 4) is 5.75 Å². The van der Waals surface area contributed by atoms with Crippen LogP contribution < -0.4 is 15.1 Å². The summed E-state index contributed by atoms with van der Waals surface area (Å²) in [7, 11) is 0. The van der Waals surface area contributed by atoms with Crippen LogP contribution in [-0.4, -0.2) is 68.7 Å². The summed E-state index contributed by atoms with van der Waals surface area (Å²) in [5.74, 6) is 1.28. The van der Waals surface area contributed by atoms with Crippen LogP contribution in [0.3, 0.4) is 0 Å². The second kappa shape index (κ2) is 9.64. The predicted molar refractivity (Wildman–Crippen MR) is 117 cm³/mol. The number of fused-ring (bicyclic) bond motifs is 1. The molecule has 2 saturated heterocycles. The number of benzene rings is 1. The Kier molecular flexibility index (Phi) is 6.72. The summed E-state index contributed by atoms with van der Waals surface area (Å²) in [6.07, 6.45) is 4.48. The largest absolute Gasteiger partial charge is 0.492 e. The van der Waals surface area contributed by atoms with E-state index in [-0.39, 0.29) is 18.1 Å². The highest BCUT2D eigenvalue weighted by atomic mass is 16.5. The summed E-state index contributed by atoms with van der Waals surface area (Å²) in [5, 5.41) is 10.0. The number of hydrogen-bond acceptors (Lipinski definition) is 7. The number of morpholine rings is 1. The SMILES string of the molecule is C=CCc1c(OCCN2CCCC2CO)ccc2c(=O)cc(N3CCOCC3)oc12.